The van der Waals surface area contributed by atoms with Crippen molar-refractivity contribution in [1.82, 2.24) is 5.32 Å². The van der Waals surface area contributed by atoms with Crippen molar-refractivity contribution in [3.63, 3.8) is 0 Å². The molecule has 0 aliphatic rings. The van der Waals surface area contributed by atoms with Gasteiger partial charge >= 0.3 is 0 Å². The minimum atomic E-state index is -0.149. The number of ketones is 1. The Bertz CT molecular complexity index is 707. The molecule has 2 aromatic carbocycles. The van der Waals surface area contributed by atoms with Crippen LogP contribution in [0.3, 0.4) is 0 Å². The summed E-state index contributed by atoms with van der Waals surface area (Å²) in [7, 11) is 1.70. The van der Waals surface area contributed by atoms with Crippen molar-refractivity contribution >= 4 is 5.78 Å². The van der Waals surface area contributed by atoms with Crippen LogP contribution in [0.1, 0.15) is 43.4 Å². The number of methoxy groups -OCH3 is 1. The molecule has 0 saturated carbocycles. The highest BCUT2D eigenvalue weighted by Crippen LogP contribution is 2.25. The molecule has 0 fully saturated rings. The highest BCUT2D eigenvalue weighted by molar-refractivity contribution is 5.83. The Labute approximate surface area is 151 Å². The van der Waals surface area contributed by atoms with Crippen LogP contribution in [0, 0.1) is 6.92 Å². The number of hydrogen-bond acceptors (Lipinski definition) is 3. The van der Waals surface area contributed by atoms with Crippen LogP contribution in [-0.4, -0.2) is 25.0 Å². The largest absolute Gasteiger partial charge is 0.496 e. The van der Waals surface area contributed by atoms with E-state index in [1.54, 1.807) is 14.0 Å². The first-order valence-electron chi connectivity index (χ1n) is 8.76. The number of hydrogen-bond donors (Lipinski definition) is 1. The second kappa shape index (κ2) is 8.30. The molecule has 0 bridgehead atoms. The molecule has 0 spiro atoms. The van der Waals surface area contributed by atoms with Gasteiger partial charge in [-0.15, -0.1) is 0 Å². The van der Waals surface area contributed by atoms with Crippen molar-refractivity contribution in [1.29, 1.82) is 0 Å². The lowest BCUT2D eigenvalue weighted by Gasteiger charge is -2.29. The first-order valence-corrected chi connectivity index (χ1v) is 8.76. The topological polar surface area (TPSA) is 38.3 Å². The summed E-state index contributed by atoms with van der Waals surface area (Å²) >= 11 is 0. The average Bonchev–Trinajstić information content (AvgIpc) is 2.55. The van der Waals surface area contributed by atoms with Crippen molar-refractivity contribution in [3.8, 4) is 5.75 Å². The third-order valence-electron chi connectivity index (χ3n) is 4.55. The fourth-order valence-corrected chi connectivity index (χ4v) is 3.14. The summed E-state index contributed by atoms with van der Waals surface area (Å²) in [6.07, 6.45) is 0.831. The van der Waals surface area contributed by atoms with Crippen LogP contribution in [0.5, 0.6) is 5.75 Å². The molecule has 3 nitrogen and oxygen atoms in total. The van der Waals surface area contributed by atoms with Crippen molar-refractivity contribution < 1.29 is 9.53 Å². The Hall–Kier alpha value is -2.13. The number of carbonyl (C=O) groups is 1. The van der Waals surface area contributed by atoms with Crippen molar-refractivity contribution in [3.05, 3.63) is 65.2 Å². The van der Waals surface area contributed by atoms with Gasteiger partial charge in [-0.1, -0.05) is 48.0 Å². The summed E-state index contributed by atoms with van der Waals surface area (Å²) in [6.45, 7) is 8.70. The zero-order valence-electron chi connectivity index (χ0n) is 15.9. The van der Waals surface area contributed by atoms with E-state index >= 15 is 0 Å². The highest BCUT2D eigenvalue weighted by Gasteiger charge is 2.24. The molecule has 1 atom stereocenters. The smallest absolute Gasteiger partial charge is 0.138 e. The first kappa shape index (κ1) is 19.2. The Morgan fingerprint density at radius 2 is 1.84 bits per heavy atom. The number of rotatable bonds is 8. The van der Waals surface area contributed by atoms with Gasteiger partial charge in [0.1, 0.15) is 11.5 Å². The van der Waals surface area contributed by atoms with E-state index in [9.17, 15) is 4.79 Å². The van der Waals surface area contributed by atoms with Crippen LogP contribution < -0.4 is 10.1 Å². The standard InChI is InChI=1S/C22H29NO2/c1-16-11-12-21(25-5)19(13-16)14-22(3,4)23-15-20(17(2)24)18-9-7-6-8-10-18/h6-13,20,23H,14-15H2,1-5H3. The molecule has 25 heavy (non-hydrogen) atoms. The van der Waals surface area contributed by atoms with E-state index in [0.717, 1.165) is 17.7 Å². The number of Topliss-reactive ketones (excluding diaryl/α,β-unsaturated/α-hetero) is 1. The van der Waals surface area contributed by atoms with Gasteiger partial charge in [0.25, 0.3) is 0 Å². The molecule has 3 heteroatoms. The van der Waals surface area contributed by atoms with Crippen LogP contribution in [0.4, 0.5) is 0 Å². The summed E-state index contributed by atoms with van der Waals surface area (Å²) in [5, 5.41) is 3.58. The summed E-state index contributed by atoms with van der Waals surface area (Å²) in [6, 6.07) is 16.2. The van der Waals surface area contributed by atoms with Gasteiger partial charge < -0.3 is 10.1 Å². The summed E-state index contributed by atoms with van der Waals surface area (Å²) < 4.78 is 5.50. The number of nitrogens with one attached hydrogen (secondary N) is 1. The van der Waals surface area contributed by atoms with Gasteiger partial charge in [0.15, 0.2) is 0 Å². The second-order valence-corrected chi connectivity index (χ2v) is 7.33. The van der Waals surface area contributed by atoms with E-state index in [4.69, 9.17) is 4.74 Å². The molecule has 0 aromatic heterocycles. The van der Waals surface area contributed by atoms with E-state index in [-0.39, 0.29) is 17.2 Å². The number of aryl methyl sites for hydroxylation is 1. The van der Waals surface area contributed by atoms with Gasteiger partial charge in [-0.05, 0) is 51.3 Å². The number of carbonyl (C=O) groups excluding carboxylic acids is 1. The number of ether oxygens (including phenoxy) is 1. The van der Waals surface area contributed by atoms with E-state index < -0.39 is 0 Å². The van der Waals surface area contributed by atoms with E-state index in [1.807, 2.05) is 36.4 Å². The lowest BCUT2D eigenvalue weighted by Crippen LogP contribution is -2.44. The maximum Gasteiger partial charge on any atom is 0.138 e. The van der Waals surface area contributed by atoms with E-state index in [2.05, 4.69) is 38.2 Å². The molecule has 0 aliphatic carbocycles. The molecule has 1 N–H and O–H groups in total. The molecular weight excluding hydrogens is 310 g/mol. The maximum absolute atomic E-state index is 12.1. The van der Waals surface area contributed by atoms with Gasteiger partial charge in [-0.3, -0.25) is 4.79 Å². The van der Waals surface area contributed by atoms with E-state index in [0.29, 0.717) is 6.54 Å². The third kappa shape index (κ3) is 5.43. The van der Waals surface area contributed by atoms with Crippen LogP contribution >= 0.6 is 0 Å². The minimum absolute atomic E-state index is 0.125. The van der Waals surface area contributed by atoms with Crippen LogP contribution in [-0.2, 0) is 11.2 Å². The average molecular weight is 339 g/mol. The third-order valence-corrected chi connectivity index (χ3v) is 4.55. The van der Waals surface area contributed by atoms with E-state index in [1.165, 1.54) is 11.1 Å². The predicted molar refractivity (Wildman–Crippen MR) is 103 cm³/mol. The molecular formula is C22H29NO2. The Balaban J connectivity index is 2.10. The molecule has 0 aliphatic heterocycles. The number of benzene rings is 2. The molecule has 0 saturated heterocycles. The predicted octanol–water partition coefficient (Wildman–Crippen LogP) is 4.29. The maximum atomic E-state index is 12.1. The summed E-state index contributed by atoms with van der Waals surface area (Å²) in [4.78, 5) is 12.1. The lowest BCUT2D eigenvalue weighted by atomic mass is 9.90. The summed E-state index contributed by atoms with van der Waals surface area (Å²) in [5.41, 5.74) is 3.31. The SMILES string of the molecule is COc1ccc(C)cc1CC(C)(C)NCC(C(C)=O)c1ccccc1. The zero-order chi connectivity index (χ0) is 18.4. The monoisotopic (exact) mass is 339 g/mol. The molecule has 0 amide bonds. The molecule has 0 radical (unpaired) electrons. The van der Waals surface area contributed by atoms with Crippen molar-refractivity contribution in [2.24, 2.45) is 0 Å². The molecule has 2 aromatic rings. The highest BCUT2D eigenvalue weighted by atomic mass is 16.5. The quantitative estimate of drug-likeness (QED) is 0.780. The molecule has 2 rings (SSSR count). The lowest BCUT2D eigenvalue weighted by molar-refractivity contribution is -0.118. The normalized spacial score (nSPS) is 12.7. The van der Waals surface area contributed by atoms with Gasteiger partial charge in [-0.2, -0.15) is 0 Å². The van der Waals surface area contributed by atoms with Crippen molar-refractivity contribution in [2.75, 3.05) is 13.7 Å². The van der Waals surface area contributed by atoms with Gasteiger partial charge in [0.2, 0.25) is 0 Å². The van der Waals surface area contributed by atoms with Crippen LogP contribution in [0.15, 0.2) is 48.5 Å². The van der Waals surface area contributed by atoms with Gasteiger partial charge in [0, 0.05) is 12.1 Å². The molecule has 0 heterocycles. The fraction of sp³-hybridized carbons (Fsp3) is 0.409. The van der Waals surface area contributed by atoms with Crippen LogP contribution in [0.2, 0.25) is 0 Å². The fourth-order valence-electron chi connectivity index (χ4n) is 3.14. The minimum Gasteiger partial charge on any atom is -0.496 e. The molecule has 134 valence electrons. The van der Waals surface area contributed by atoms with Gasteiger partial charge in [-0.25, -0.2) is 0 Å². The van der Waals surface area contributed by atoms with Gasteiger partial charge in [0.05, 0.1) is 13.0 Å². The first-order chi connectivity index (χ1) is 11.8. The summed E-state index contributed by atoms with van der Waals surface area (Å²) in [5.74, 6) is 0.967. The zero-order valence-corrected chi connectivity index (χ0v) is 15.9. The Morgan fingerprint density at radius 3 is 2.44 bits per heavy atom. The Kier molecular flexibility index (Phi) is 6.38. The molecule has 1 unspecified atom stereocenters. The van der Waals surface area contributed by atoms with Crippen molar-refractivity contribution in [2.45, 2.75) is 45.6 Å². The second-order valence-electron chi connectivity index (χ2n) is 7.33. The Morgan fingerprint density at radius 1 is 1.16 bits per heavy atom. The van der Waals surface area contributed by atoms with Crippen LogP contribution in [0.25, 0.3) is 0 Å².